The largest absolute Gasteiger partial charge is 0.507 e. The van der Waals surface area contributed by atoms with Gasteiger partial charge in [-0.2, -0.15) is 0 Å². The van der Waals surface area contributed by atoms with Crippen LogP contribution in [0.4, 0.5) is 4.79 Å². The van der Waals surface area contributed by atoms with Crippen molar-refractivity contribution >= 4 is 12.1 Å². The number of ether oxygens (including phenoxy) is 2. The van der Waals surface area contributed by atoms with Gasteiger partial charge in [0, 0.05) is 6.54 Å². The molecule has 0 aliphatic rings. The number of carbonyl (C=O) groups excluding carboxylic acids is 2. The molecular weight excluding hydrogens is 286 g/mol. The number of phenolic OH excluding ortho intramolecular Hbond substituents is 1. The van der Waals surface area contributed by atoms with Crippen molar-refractivity contribution in [1.82, 2.24) is 5.32 Å². The highest BCUT2D eigenvalue weighted by Gasteiger charge is 2.18. The maximum Gasteiger partial charge on any atom is 0.407 e. The van der Waals surface area contributed by atoms with Gasteiger partial charge < -0.3 is 19.9 Å². The van der Waals surface area contributed by atoms with Gasteiger partial charge in [0.15, 0.2) is 0 Å². The summed E-state index contributed by atoms with van der Waals surface area (Å²) in [6.07, 6.45) is -0.491. The molecule has 0 radical (unpaired) electrons. The van der Waals surface area contributed by atoms with Crippen LogP contribution in [0.1, 0.15) is 49.5 Å². The van der Waals surface area contributed by atoms with Crippen molar-refractivity contribution in [3.8, 4) is 5.75 Å². The molecule has 1 rings (SSSR count). The summed E-state index contributed by atoms with van der Waals surface area (Å²) in [6.45, 7) is 7.62. The Balaban J connectivity index is 2.67. The summed E-state index contributed by atoms with van der Waals surface area (Å²) in [7, 11) is 1.25. The molecule has 1 aromatic rings. The lowest BCUT2D eigenvalue weighted by atomic mass is 9.99. The molecular formula is C16H23NO5. The second kappa shape index (κ2) is 7.15. The number of aromatic hydroxyl groups is 1. The maximum absolute atomic E-state index is 11.6. The van der Waals surface area contributed by atoms with Gasteiger partial charge in [0.2, 0.25) is 0 Å². The standard InChI is InChI=1S/C16H23NO5/c1-10(9-17-15(20)22-16(2,3)4)11-6-7-12(13(18)8-11)14(19)21-5/h6-8,10,18H,9H2,1-5H3,(H,17,20). The predicted octanol–water partition coefficient (Wildman–Crippen LogP) is 2.81. The minimum atomic E-state index is -0.594. The van der Waals surface area contributed by atoms with Gasteiger partial charge in [-0.25, -0.2) is 9.59 Å². The lowest BCUT2D eigenvalue weighted by Crippen LogP contribution is -2.34. The molecule has 0 fully saturated rings. The number of hydrogen-bond donors (Lipinski definition) is 2. The van der Waals surface area contributed by atoms with Crippen LogP contribution < -0.4 is 5.32 Å². The van der Waals surface area contributed by atoms with Crippen LogP contribution in [0, 0.1) is 0 Å². The number of carbonyl (C=O) groups is 2. The van der Waals surface area contributed by atoms with E-state index in [2.05, 4.69) is 10.1 Å². The number of methoxy groups -OCH3 is 1. The molecule has 2 N–H and O–H groups in total. The van der Waals surface area contributed by atoms with Gasteiger partial charge in [0.1, 0.15) is 16.9 Å². The highest BCUT2D eigenvalue weighted by atomic mass is 16.6. The summed E-state index contributed by atoms with van der Waals surface area (Å²) in [6, 6.07) is 4.71. The topological polar surface area (TPSA) is 84.9 Å². The first-order valence-electron chi connectivity index (χ1n) is 7.02. The average Bonchev–Trinajstić information content (AvgIpc) is 2.42. The molecule has 22 heavy (non-hydrogen) atoms. The quantitative estimate of drug-likeness (QED) is 0.835. The Morgan fingerprint density at radius 3 is 2.45 bits per heavy atom. The maximum atomic E-state index is 11.6. The summed E-state index contributed by atoms with van der Waals surface area (Å²) in [4.78, 5) is 23.0. The van der Waals surface area contributed by atoms with E-state index in [1.165, 1.54) is 19.2 Å². The molecule has 0 heterocycles. The molecule has 0 saturated heterocycles. The predicted molar refractivity (Wildman–Crippen MR) is 82.1 cm³/mol. The summed E-state index contributed by atoms with van der Waals surface area (Å²) in [5.41, 5.74) is 0.355. The van der Waals surface area contributed by atoms with Crippen molar-refractivity contribution < 1.29 is 24.2 Å². The second-order valence-corrected chi connectivity index (χ2v) is 6.05. The highest BCUT2D eigenvalue weighted by Crippen LogP contribution is 2.24. The van der Waals surface area contributed by atoms with Crippen LogP contribution in [0.15, 0.2) is 18.2 Å². The molecule has 0 aromatic heterocycles. The van der Waals surface area contributed by atoms with E-state index in [0.717, 1.165) is 5.56 Å². The molecule has 0 aliphatic heterocycles. The summed E-state index contributed by atoms with van der Waals surface area (Å²) >= 11 is 0. The number of esters is 1. The first-order chi connectivity index (χ1) is 10.1. The zero-order chi connectivity index (χ0) is 16.9. The minimum Gasteiger partial charge on any atom is -0.507 e. The number of phenols is 1. The van der Waals surface area contributed by atoms with Gasteiger partial charge in [-0.1, -0.05) is 13.0 Å². The lowest BCUT2D eigenvalue weighted by Gasteiger charge is -2.21. The lowest BCUT2D eigenvalue weighted by molar-refractivity contribution is 0.0524. The monoisotopic (exact) mass is 309 g/mol. The SMILES string of the molecule is COC(=O)c1ccc(C(C)CNC(=O)OC(C)(C)C)cc1O. The van der Waals surface area contributed by atoms with Crippen molar-refractivity contribution in [1.29, 1.82) is 0 Å². The third-order valence-corrected chi connectivity index (χ3v) is 2.95. The normalized spacial score (nSPS) is 12.4. The number of hydrogen-bond acceptors (Lipinski definition) is 5. The summed E-state index contributed by atoms with van der Waals surface area (Å²) in [5.74, 6) is -0.790. The molecule has 6 nitrogen and oxygen atoms in total. The van der Waals surface area contributed by atoms with Crippen LogP contribution in [0.3, 0.4) is 0 Å². The van der Waals surface area contributed by atoms with E-state index in [1.54, 1.807) is 26.8 Å². The molecule has 1 amide bonds. The van der Waals surface area contributed by atoms with Gasteiger partial charge >= 0.3 is 12.1 Å². The molecule has 1 unspecified atom stereocenters. The van der Waals surface area contributed by atoms with Gasteiger partial charge in [0.05, 0.1) is 7.11 Å². The van der Waals surface area contributed by atoms with Gasteiger partial charge in [-0.15, -0.1) is 0 Å². The van der Waals surface area contributed by atoms with Crippen molar-refractivity contribution in [3.63, 3.8) is 0 Å². The van der Waals surface area contributed by atoms with E-state index < -0.39 is 17.7 Å². The van der Waals surface area contributed by atoms with Crippen LogP contribution in [0.5, 0.6) is 5.75 Å². The van der Waals surface area contributed by atoms with Crippen molar-refractivity contribution in [2.45, 2.75) is 39.2 Å². The van der Waals surface area contributed by atoms with E-state index in [0.29, 0.717) is 6.54 Å². The van der Waals surface area contributed by atoms with Gasteiger partial charge in [-0.05, 0) is 44.4 Å². The van der Waals surface area contributed by atoms with E-state index in [1.807, 2.05) is 6.92 Å². The van der Waals surface area contributed by atoms with E-state index in [9.17, 15) is 14.7 Å². The fourth-order valence-electron chi connectivity index (χ4n) is 1.81. The van der Waals surface area contributed by atoms with Gasteiger partial charge in [0.25, 0.3) is 0 Å². The van der Waals surface area contributed by atoms with E-state index >= 15 is 0 Å². The molecule has 0 bridgehead atoms. The number of nitrogens with one attached hydrogen (secondary N) is 1. The van der Waals surface area contributed by atoms with Crippen LogP contribution in [-0.4, -0.2) is 36.4 Å². The number of amides is 1. The Hall–Kier alpha value is -2.24. The first kappa shape index (κ1) is 17.8. The number of rotatable bonds is 4. The van der Waals surface area contributed by atoms with Crippen molar-refractivity contribution in [2.75, 3.05) is 13.7 Å². The summed E-state index contributed by atoms with van der Waals surface area (Å²) < 4.78 is 9.72. The van der Waals surface area contributed by atoms with Crippen LogP contribution in [0.2, 0.25) is 0 Å². The molecule has 1 atom stereocenters. The third-order valence-electron chi connectivity index (χ3n) is 2.95. The van der Waals surface area contributed by atoms with Crippen LogP contribution >= 0.6 is 0 Å². The zero-order valence-corrected chi connectivity index (χ0v) is 13.6. The van der Waals surface area contributed by atoms with Crippen molar-refractivity contribution in [3.05, 3.63) is 29.3 Å². The fourth-order valence-corrected chi connectivity index (χ4v) is 1.81. The fraction of sp³-hybridized carbons (Fsp3) is 0.500. The molecule has 0 spiro atoms. The molecule has 0 aliphatic carbocycles. The molecule has 122 valence electrons. The smallest absolute Gasteiger partial charge is 0.407 e. The number of benzene rings is 1. The third kappa shape index (κ3) is 5.27. The Bertz CT molecular complexity index is 548. The van der Waals surface area contributed by atoms with Gasteiger partial charge in [-0.3, -0.25) is 0 Å². The van der Waals surface area contributed by atoms with Crippen LogP contribution in [-0.2, 0) is 9.47 Å². The Morgan fingerprint density at radius 1 is 1.32 bits per heavy atom. The first-order valence-corrected chi connectivity index (χ1v) is 7.02. The second-order valence-electron chi connectivity index (χ2n) is 6.05. The molecule has 1 aromatic carbocycles. The zero-order valence-electron chi connectivity index (χ0n) is 13.6. The average molecular weight is 309 g/mol. The van der Waals surface area contributed by atoms with Crippen molar-refractivity contribution in [2.24, 2.45) is 0 Å². The van der Waals surface area contributed by atoms with E-state index in [-0.39, 0.29) is 17.2 Å². The van der Waals surface area contributed by atoms with E-state index in [4.69, 9.17) is 4.74 Å². The molecule has 0 saturated carbocycles. The Kier molecular flexibility index (Phi) is 5.79. The Morgan fingerprint density at radius 2 is 1.95 bits per heavy atom. The van der Waals surface area contributed by atoms with Crippen LogP contribution in [0.25, 0.3) is 0 Å². The highest BCUT2D eigenvalue weighted by molar-refractivity contribution is 5.92. The minimum absolute atomic E-state index is 0.0508. The molecule has 6 heteroatoms. The number of alkyl carbamates (subject to hydrolysis) is 1. The Labute approximate surface area is 130 Å². The summed E-state index contributed by atoms with van der Waals surface area (Å²) in [5, 5.41) is 12.5.